The Labute approximate surface area is 141 Å². The average molecular weight is 413 g/mol. The van der Waals surface area contributed by atoms with E-state index in [-0.39, 0.29) is 5.82 Å². The van der Waals surface area contributed by atoms with Crippen molar-refractivity contribution in [3.8, 4) is 0 Å². The van der Waals surface area contributed by atoms with E-state index in [9.17, 15) is 4.39 Å². The van der Waals surface area contributed by atoms with E-state index in [0.717, 1.165) is 5.56 Å². The first kappa shape index (κ1) is 20.0. The molecule has 0 aliphatic carbocycles. The first-order chi connectivity index (χ1) is 10.5. The molecule has 0 saturated carbocycles. The zero-order valence-corrected chi connectivity index (χ0v) is 18.3. The van der Waals surface area contributed by atoms with Crippen molar-refractivity contribution in [3.05, 3.63) is 29.1 Å². The van der Waals surface area contributed by atoms with E-state index in [4.69, 9.17) is 0 Å². The minimum atomic E-state index is -2.61. The van der Waals surface area contributed by atoms with Crippen LogP contribution in [0.4, 0.5) is 4.39 Å². The van der Waals surface area contributed by atoms with Gasteiger partial charge in [-0.1, -0.05) is 0 Å². The van der Waals surface area contributed by atoms with Crippen LogP contribution >= 0.6 is 0 Å². The Balaban J connectivity index is 3.27. The van der Waals surface area contributed by atoms with Gasteiger partial charge in [-0.3, -0.25) is 0 Å². The number of benzene rings is 1. The molecular formula is C20H35FSn. The van der Waals surface area contributed by atoms with E-state index in [1.165, 1.54) is 61.0 Å². The number of unbranched alkanes of at least 4 members (excludes halogenated alkanes) is 3. The fraction of sp³-hybridized carbons (Fsp3) is 0.700. The van der Waals surface area contributed by atoms with Crippen molar-refractivity contribution in [3.63, 3.8) is 0 Å². The fourth-order valence-electron chi connectivity index (χ4n) is 3.51. The van der Waals surface area contributed by atoms with Crippen molar-refractivity contribution in [1.29, 1.82) is 0 Å². The van der Waals surface area contributed by atoms with Crippen LogP contribution in [0.1, 0.15) is 70.4 Å². The van der Waals surface area contributed by atoms with E-state index in [1.807, 2.05) is 6.92 Å². The van der Waals surface area contributed by atoms with Gasteiger partial charge < -0.3 is 0 Å². The molecule has 0 atom stereocenters. The molecule has 0 amide bonds. The van der Waals surface area contributed by atoms with Crippen molar-refractivity contribution < 1.29 is 4.39 Å². The molecule has 0 spiro atoms. The molecule has 0 aliphatic heterocycles. The first-order valence-corrected chi connectivity index (χ1v) is 16.8. The minimum absolute atomic E-state index is 0.113. The van der Waals surface area contributed by atoms with Gasteiger partial charge in [-0.2, -0.15) is 0 Å². The first-order valence-electron chi connectivity index (χ1n) is 9.28. The summed E-state index contributed by atoms with van der Waals surface area (Å²) in [6.45, 7) is 11.0. The van der Waals surface area contributed by atoms with Crippen molar-refractivity contribution in [2.24, 2.45) is 0 Å². The van der Waals surface area contributed by atoms with Crippen LogP contribution in [-0.2, 0) is 0 Å². The number of hydrogen-bond donors (Lipinski definition) is 0. The normalized spacial score (nSPS) is 11.9. The van der Waals surface area contributed by atoms with Crippen molar-refractivity contribution >= 4 is 22.0 Å². The van der Waals surface area contributed by atoms with Crippen LogP contribution in [0.15, 0.2) is 12.1 Å². The van der Waals surface area contributed by atoms with E-state index in [1.54, 1.807) is 6.07 Å². The van der Waals surface area contributed by atoms with Crippen LogP contribution in [-0.4, -0.2) is 18.4 Å². The summed E-state index contributed by atoms with van der Waals surface area (Å²) in [5.74, 6) is 0.113. The summed E-state index contributed by atoms with van der Waals surface area (Å²) in [5.41, 5.74) is 2.38. The Morgan fingerprint density at radius 2 is 1.18 bits per heavy atom. The Bertz CT molecular complexity index is 431. The van der Waals surface area contributed by atoms with Crippen LogP contribution < -0.4 is 3.58 Å². The van der Waals surface area contributed by atoms with Crippen molar-refractivity contribution in [1.82, 2.24) is 0 Å². The topological polar surface area (TPSA) is 0 Å². The number of hydrogen-bond acceptors (Lipinski definition) is 0. The molecule has 1 aromatic rings. The third-order valence-corrected chi connectivity index (χ3v) is 20.8. The molecule has 22 heavy (non-hydrogen) atoms. The maximum atomic E-state index is 14.9. The van der Waals surface area contributed by atoms with Crippen LogP contribution in [0.25, 0.3) is 0 Å². The van der Waals surface area contributed by atoms with E-state index < -0.39 is 18.4 Å². The summed E-state index contributed by atoms with van der Waals surface area (Å²) in [6.07, 6.45) is 7.58. The van der Waals surface area contributed by atoms with Gasteiger partial charge in [-0.05, 0) is 0 Å². The molecule has 0 aliphatic rings. The summed E-state index contributed by atoms with van der Waals surface area (Å²) in [6, 6.07) is 4.04. The Hall–Kier alpha value is -0.0513. The zero-order valence-electron chi connectivity index (χ0n) is 15.4. The zero-order chi connectivity index (χ0) is 16.6. The number of aryl methyl sites for hydroxylation is 2. The number of rotatable bonds is 10. The SMILES string of the molecule is CCC[CH2][Sn]([CH2]CCC)([CH2]CCC)[c]1cc(C)c(C)cc1F. The quantitative estimate of drug-likeness (QED) is 0.384. The van der Waals surface area contributed by atoms with Crippen LogP contribution in [0, 0.1) is 19.7 Å². The van der Waals surface area contributed by atoms with Crippen molar-refractivity contribution in [2.75, 3.05) is 0 Å². The van der Waals surface area contributed by atoms with Crippen LogP contribution in [0.3, 0.4) is 0 Å². The van der Waals surface area contributed by atoms with E-state index >= 15 is 0 Å². The second-order valence-electron chi connectivity index (χ2n) is 7.01. The standard InChI is InChI=1S/C8H8F.3C4H9.Sn/c1-6-3-4-8(9)5-7(6)2;3*1-3-4-2;/h3,5H,1-2H3;3*1,3-4H2,2H3;. The molecule has 0 unspecified atom stereocenters. The van der Waals surface area contributed by atoms with Crippen molar-refractivity contribution in [2.45, 2.75) is 86.5 Å². The second-order valence-corrected chi connectivity index (χ2v) is 20.1. The van der Waals surface area contributed by atoms with E-state index in [0.29, 0.717) is 0 Å². The maximum absolute atomic E-state index is 14.9. The molecule has 2 heteroatoms. The molecule has 0 N–H and O–H groups in total. The molecule has 0 heterocycles. The van der Waals surface area contributed by atoms with Gasteiger partial charge in [-0.25, -0.2) is 0 Å². The van der Waals surface area contributed by atoms with Gasteiger partial charge in [0.05, 0.1) is 0 Å². The molecule has 0 bridgehead atoms. The van der Waals surface area contributed by atoms with Gasteiger partial charge in [-0.15, -0.1) is 0 Å². The Morgan fingerprint density at radius 1 is 0.773 bits per heavy atom. The van der Waals surface area contributed by atoms with Gasteiger partial charge in [0.1, 0.15) is 0 Å². The van der Waals surface area contributed by atoms with Gasteiger partial charge in [0.2, 0.25) is 0 Å². The predicted octanol–water partition coefficient (Wildman–Crippen LogP) is 6.50. The van der Waals surface area contributed by atoms with Crippen LogP contribution in [0.2, 0.25) is 13.3 Å². The van der Waals surface area contributed by atoms with Gasteiger partial charge in [0, 0.05) is 0 Å². The Morgan fingerprint density at radius 3 is 1.59 bits per heavy atom. The van der Waals surface area contributed by atoms with E-state index in [2.05, 4.69) is 33.8 Å². The monoisotopic (exact) mass is 414 g/mol. The molecule has 0 aromatic heterocycles. The summed E-state index contributed by atoms with van der Waals surface area (Å²) in [7, 11) is 0. The molecule has 0 radical (unpaired) electrons. The van der Waals surface area contributed by atoms with Crippen LogP contribution in [0.5, 0.6) is 0 Å². The Kier molecular flexibility index (Phi) is 9.04. The summed E-state index contributed by atoms with van der Waals surface area (Å²) in [4.78, 5) is 0. The molecule has 1 aromatic carbocycles. The molecular weight excluding hydrogens is 378 g/mol. The molecule has 0 nitrogen and oxygen atoms in total. The summed E-state index contributed by atoms with van der Waals surface area (Å²) < 4.78 is 20.1. The molecule has 1 rings (SSSR count). The molecule has 126 valence electrons. The van der Waals surface area contributed by atoms with Gasteiger partial charge in [0.25, 0.3) is 0 Å². The second kappa shape index (κ2) is 9.95. The summed E-state index contributed by atoms with van der Waals surface area (Å²) >= 11 is -2.61. The average Bonchev–Trinajstić information content (AvgIpc) is 2.51. The summed E-state index contributed by atoms with van der Waals surface area (Å²) in [5, 5.41) is 0. The third kappa shape index (κ3) is 5.25. The predicted molar refractivity (Wildman–Crippen MR) is 100 cm³/mol. The van der Waals surface area contributed by atoms with Gasteiger partial charge in [0.15, 0.2) is 0 Å². The third-order valence-electron chi connectivity index (χ3n) is 5.18. The number of halogens is 1. The van der Waals surface area contributed by atoms with Gasteiger partial charge >= 0.3 is 142 Å². The molecule has 0 saturated heterocycles. The fourth-order valence-corrected chi connectivity index (χ4v) is 19.9. The molecule has 0 fully saturated rings.